The fourth-order valence-corrected chi connectivity index (χ4v) is 2.10. The number of rotatable bonds is 6. The predicted molar refractivity (Wildman–Crippen MR) is 79.1 cm³/mol. The molecule has 0 spiro atoms. The molecule has 1 aromatic rings. The maximum Gasteiger partial charge on any atom is 0.272 e. The molecule has 5 heteroatoms. The highest BCUT2D eigenvalue weighted by molar-refractivity contribution is 7.80. The fraction of sp³-hybridized carbons (Fsp3) is 0.500. The summed E-state index contributed by atoms with van der Waals surface area (Å²) < 4.78 is 0. The van der Waals surface area contributed by atoms with Crippen molar-refractivity contribution < 1.29 is 4.79 Å². The molecule has 2 N–H and O–H groups in total. The van der Waals surface area contributed by atoms with E-state index in [2.05, 4.69) is 11.9 Å². The Morgan fingerprint density at radius 2 is 2.26 bits per heavy atom. The molecular formula is C14H19N3OS. The molecule has 1 saturated carbocycles. The zero-order chi connectivity index (χ0) is 13.8. The molecule has 0 unspecified atom stereocenters. The van der Waals surface area contributed by atoms with Crippen LogP contribution in [0.15, 0.2) is 18.3 Å². The molecule has 0 aliphatic heterocycles. The van der Waals surface area contributed by atoms with Gasteiger partial charge < -0.3 is 10.6 Å². The second-order valence-corrected chi connectivity index (χ2v) is 5.32. The molecule has 0 radical (unpaired) electrons. The Balaban J connectivity index is 2.09. The van der Waals surface area contributed by atoms with E-state index < -0.39 is 0 Å². The average molecular weight is 277 g/mol. The van der Waals surface area contributed by atoms with Crippen molar-refractivity contribution >= 4 is 23.1 Å². The molecule has 1 aliphatic rings. The Kier molecular flexibility index (Phi) is 4.47. The number of carbonyl (C=O) groups is 1. The van der Waals surface area contributed by atoms with Crippen molar-refractivity contribution in [2.45, 2.75) is 38.6 Å². The number of amides is 1. The second-order valence-electron chi connectivity index (χ2n) is 4.88. The third kappa shape index (κ3) is 3.50. The van der Waals surface area contributed by atoms with Gasteiger partial charge in [0.1, 0.15) is 10.7 Å². The van der Waals surface area contributed by atoms with Crippen molar-refractivity contribution in [3.05, 3.63) is 29.6 Å². The lowest BCUT2D eigenvalue weighted by molar-refractivity contribution is 0.0735. The number of carbonyl (C=O) groups excluding carboxylic acids is 1. The van der Waals surface area contributed by atoms with Crippen molar-refractivity contribution in [3.63, 3.8) is 0 Å². The minimum atomic E-state index is 0.0189. The Morgan fingerprint density at radius 3 is 2.74 bits per heavy atom. The van der Waals surface area contributed by atoms with Gasteiger partial charge in [0.05, 0.1) is 0 Å². The topological polar surface area (TPSA) is 59.2 Å². The average Bonchev–Trinajstić information content (AvgIpc) is 3.23. The Hall–Kier alpha value is -1.49. The van der Waals surface area contributed by atoms with Gasteiger partial charge in [0.2, 0.25) is 0 Å². The van der Waals surface area contributed by atoms with E-state index in [1.165, 1.54) is 0 Å². The normalized spacial score (nSPS) is 14.2. The molecule has 1 fully saturated rings. The van der Waals surface area contributed by atoms with E-state index in [0.717, 1.165) is 32.2 Å². The van der Waals surface area contributed by atoms with Crippen LogP contribution >= 0.6 is 12.2 Å². The van der Waals surface area contributed by atoms with Gasteiger partial charge in [0.15, 0.2) is 0 Å². The van der Waals surface area contributed by atoms with E-state index in [4.69, 9.17) is 18.0 Å². The standard InChI is InChI=1S/C14H19N3OS/c1-2-3-8-17(11-5-6-11)14(18)12-7-4-10(9-16-12)13(15)19/h4,7,9,11H,2-3,5-6,8H2,1H3,(H2,15,19). The maximum atomic E-state index is 12.4. The summed E-state index contributed by atoms with van der Waals surface area (Å²) in [5.74, 6) is 0.0189. The lowest BCUT2D eigenvalue weighted by atomic mass is 10.2. The minimum Gasteiger partial charge on any atom is -0.389 e. The monoisotopic (exact) mass is 277 g/mol. The van der Waals surface area contributed by atoms with Crippen molar-refractivity contribution in [2.75, 3.05) is 6.54 Å². The number of thiocarbonyl (C=S) groups is 1. The number of hydrogen-bond donors (Lipinski definition) is 1. The summed E-state index contributed by atoms with van der Waals surface area (Å²) in [5, 5.41) is 0. The van der Waals surface area contributed by atoms with Crippen LogP contribution in [0.25, 0.3) is 0 Å². The SMILES string of the molecule is CCCCN(C(=O)c1ccc(C(N)=S)cn1)C1CC1. The second kappa shape index (κ2) is 6.10. The van der Waals surface area contributed by atoms with Crippen LogP contribution in [0.2, 0.25) is 0 Å². The molecule has 0 saturated heterocycles. The van der Waals surface area contributed by atoms with E-state index in [1.54, 1.807) is 18.3 Å². The highest BCUT2D eigenvalue weighted by Gasteiger charge is 2.32. The van der Waals surface area contributed by atoms with Gasteiger partial charge in [-0.2, -0.15) is 0 Å². The first kappa shape index (κ1) is 13.9. The molecule has 1 amide bonds. The van der Waals surface area contributed by atoms with E-state index in [0.29, 0.717) is 22.3 Å². The molecule has 102 valence electrons. The van der Waals surface area contributed by atoms with Crippen LogP contribution in [-0.4, -0.2) is 33.4 Å². The molecule has 4 nitrogen and oxygen atoms in total. The molecule has 19 heavy (non-hydrogen) atoms. The van der Waals surface area contributed by atoms with E-state index >= 15 is 0 Å². The summed E-state index contributed by atoms with van der Waals surface area (Å²) in [7, 11) is 0. The first-order valence-corrected chi connectivity index (χ1v) is 7.11. The zero-order valence-electron chi connectivity index (χ0n) is 11.1. The van der Waals surface area contributed by atoms with Crippen LogP contribution in [0.1, 0.15) is 48.7 Å². The highest BCUT2D eigenvalue weighted by atomic mass is 32.1. The van der Waals surface area contributed by atoms with Gasteiger partial charge in [-0.25, -0.2) is 0 Å². The number of pyridine rings is 1. The van der Waals surface area contributed by atoms with Gasteiger partial charge in [0.25, 0.3) is 5.91 Å². The van der Waals surface area contributed by atoms with E-state index in [9.17, 15) is 4.79 Å². The zero-order valence-corrected chi connectivity index (χ0v) is 11.9. The minimum absolute atomic E-state index is 0.0189. The summed E-state index contributed by atoms with van der Waals surface area (Å²) in [5.41, 5.74) is 6.69. The van der Waals surface area contributed by atoms with Crippen molar-refractivity contribution in [3.8, 4) is 0 Å². The van der Waals surface area contributed by atoms with Crippen LogP contribution < -0.4 is 5.73 Å². The summed E-state index contributed by atoms with van der Waals surface area (Å²) in [6.45, 7) is 2.95. The lowest BCUT2D eigenvalue weighted by Crippen LogP contribution is -2.34. The van der Waals surface area contributed by atoms with Crippen LogP contribution in [0.5, 0.6) is 0 Å². The molecule has 1 heterocycles. The van der Waals surface area contributed by atoms with Crippen molar-refractivity contribution in [1.82, 2.24) is 9.88 Å². The molecular weight excluding hydrogens is 258 g/mol. The van der Waals surface area contributed by atoms with Crippen LogP contribution in [-0.2, 0) is 0 Å². The van der Waals surface area contributed by atoms with Crippen molar-refractivity contribution in [1.29, 1.82) is 0 Å². The highest BCUT2D eigenvalue weighted by Crippen LogP contribution is 2.28. The number of unbranched alkanes of at least 4 members (excludes halogenated alkanes) is 1. The van der Waals surface area contributed by atoms with E-state index in [-0.39, 0.29) is 5.91 Å². The van der Waals surface area contributed by atoms with Gasteiger partial charge in [-0.05, 0) is 31.4 Å². The molecule has 0 bridgehead atoms. The summed E-state index contributed by atoms with van der Waals surface area (Å²) >= 11 is 4.87. The third-order valence-corrected chi connectivity index (χ3v) is 3.50. The van der Waals surface area contributed by atoms with Gasteiger partial charge >= 0.3 is 0 Å². The Labute approximate surface area is 119 Å². The Bertz CT molecular complexity index is 468. The molecule has 2 rings (SSSR count). The summed E-state index contributed by atoms with van der Waals surface area (Å²) in [6.07, 6.45) is 5.92. The third-order valence-electron chi connectivity index (χ3n) is 3.27. The number of nitrogens with zero attached hydrogens (tertiary/aromatic N) is 2. The van der Waals surface area contributed by atoms with Crippen LogP contribution in [0, 0.1) is 0 Å². The fourth-order valence-electron chi connectivity index (χ4n) is 1.98. The van der Waals surface area contributed by atoms with Crippen molar-refractivity contribution in [2.24, 2.45) is 5.73 Å². The summed E-state index contributed by atoms with van der Waals surface area (Å²) in [4.78, 5) is 18.8. The molecule has 0 aromatic carbocycles. The van der Waals surface area contributed by atoms with Gasteiger partial charge in [0, 0.05) is 24.3 Å². The first-order valence-electron chi connectivity index (χ1n) is 6.70. The maximum absolute atomic E-state index is 12.4. The van der Waals surface area contributed by atoms with Crippen LogP contribution in [0.4, 0.5) is 0 Å². The Morgan fingerprint density at radius 1 is 1.53 bits per heavy atom. The van der Waals surface area contributed by atoms with Crippen LogP contribution in [0.3, 0.4) is 0 Å². The quantitative estimate of drug-likeness (QED) is 0.809. The van der Waals surface area contributed by atoms with Gasteiger partial charge in [-0.1, -0.05) is 25.6 Å². The number of nitrogens with two attached hydrogens (primary N) is 1. The number of hydrogen-bond acceptors (Lipinski definition) is 3. The smallest absolute Gasteiger partial charge is 0.272 e. The van der Waals surface area contributed by atoms with E-state index in [1.807, 2.05) is 4.90 Å². The van der Waals surface area contributed by atoms with Gasteiger partial charge in [-0.15, -0.1) is 0 Å². The predicted octanol–water partition coefficient (Wildman–Crippen LogP) is 2.12. The molecule has 1 aromatic heterocycles. The summed E-state index contributed by atoms with van der Waals surface area (Å²) in [6, 6.07) is 3.88. The molecule has 0 atom stereocenters. The lowest BCUT2D eigenvalue weighted by Gasteiger charge is -2.21. The molecule has 1 aliphatic carbocycles. The largest absolute Gasteiger partial charge is 0.389 e. The van der Waals surface area contributed by atoms with Gasteiger partial charge in [-0.3, -0.25) is 9.78 Å². The number of aromatic nitrogens is 1. The first-order chi connectivity index (χ1) is 9.13.